The molecule has 1 aromatic carbocycles. The Balaban J connectivity index is 1.86. The minimum absolute atomic E-state index is 0.0116. The van der Waals surface area contributed by atoms with Crippen LogP contribution in [-0.4, -0.2) is 29.9 Å². The maximum Gasteiger partial charge on any atom is 0.126 e. The number of allylic oxidation sites excluding steroid dienone is 1. The molecule has 0 amide bonds. The third-order valence-electron chi connectivity index (χ3n) is 3.08. The molecule has 0 bridgehead atoms. The van der Waals surface area contributed by atoms with E-state index in [0.717, 1.165) is 17.7 Å². The van der Waals surface area contributed by atoms with Gasteiger partial charge in [0.05, 0.1) is 0 Å². The second kappa shape index (κ2) is 5.76. The van der Waals surface area contributed by atoms with Crippen LogP contribution in [0.1, 0.15) is 31.9 Å². The molecule has 1 aromatic rings. The molecule has 3 nitrogen and oxygen atoms in total. The van der Waals surface area contributed by atoms with Crippen LogP contribution in [0.15, 0.2) is 24.3 Å². The van der Waals surface area contributed by atoms with Gasteiger partial charge in [-0.1, -0.05) is 24.3 Å². The van der Waals surface area contributed by atoms with Crippen LogP contribution in [-0.2, 0) is 6.42 Å². The normalized spacial score (nSPS) is 15.4. The number of ether oxygens (including phenoxy) is 1. The highest BCUT2D eigenvalue weighted by Crippen LogP contribution is 2.28. The van der Waals surface area contributed by atoms with Gasteiger partial charge >= 0.3 is 0 Å². The summed E-state index contributed by atoms with van der Waals surface area (Å²) in [6.45, 7) is 7.09. The molecule has 0 aromatic heterocycles. The molecular weight excluding hydrogens is 238 g/mol. The fourth-order valence-corrected chi connectivity index (χ4v) is 2.06. The Morgan fingerprint density at radius 2 is 2.16 bits per heavy atom. The molecule has 2 N–H and O–H groups in total. The average Bonchev–Trinajstić information content (AvgIpc) is 2.81. The van der Waals surface area contributed by atoms with Crippen molar-refractivity contribution in [1.29, 1.82) is 0 Å². The van der Waals surface area contributed by atoms with Gasteiger partial charge in [-0.3, -0.25) is 0 Å². The van der Waals surface area contributed by atoms with E-state index < -0.39 is 6.10 Å². The maximum absolute atomic E-state index is 9.92. The molecule has 0 fully saturated rings. The Bertz CT molecular complexity index is 460. The summed E-state index contributed by atoms with van der Waals surface area (Å²) in [7, 11) is 0. The number of fused-ring (bicyclic) bond motifs is 1. The van der Waals surface area contributed by atoms with Crippen molar-refractivity contribution in [2.24, 2.45) is 0 Å². The van der Waals surface area contributed by atoms with E-state index in [0.29, 0.717) is 13.2 Å². The van der Waals surface area contributed by atoms with Crippen molar-refractivity contribution in [3.8, 4) is 5.75 Å². The molecular formula is C16H23NO2. The van der Waals surface area contributed by atoms with E-state index in [4.69, 9.17) is 4.74 Å². The van der Waals surface area contributed by atoms with Crippen LogP contribution >= 0.6 is 0 Å². The van der Waals surface area contributed by atoms with Gasteiger partial charge in [-0.2, -0.15) is 0 Å². The van der Waals surface area contributed by atoms with Crippen LogP contribution in [0, 0.1) is 0 Å². The first kappa shape index (κ1) is 14.1. The SMILES string of the molecule is CC(C)(C)NCC(O)COc1cccc2c1C=CC2. The summed E-state index contributed by atoms with van der Waals surface area (Å²) in [5.41, 5.74) is 2.45. The van der Waals surface area contributed by atoms with E-state index in [1.807, 2.05) is 12.1 Å². The Labute approximate surface area is 115 Å². The highest BCUT2D eigenvalue weighted by atomic mass is 16.5. The van der Waals surface area contributed by atoms with Crippen LogP contribution in [0.2, 0.25) is 0 Å². The van der Waals surface area contributed by atoms with E-state index in [1.54, 1.807) is 0 Å². The van der Waals surface area contributed by atoms with E-state index in [2.05, 4.69) is 44.3 Å². The van der Waals surface area contributed by atoms with Crippen LogP contribution < -0.4 is 10.1 Å². The third kappa shape index (κ3) is 4.08. The Morgan fingerprint density at radius 1 is 1.37 bits per heavy atom. The molecule has 0 aliphatic heterocycles. The van der Waals surface area contributed by atoms with Crippen LogP contribution in [0.4, 0.5) is 0 Å². The molecule has 0 heterocycles. The number of nitrogens with one attached hydrogen (secondary N) is 1. The third-order valence-corrected chi connectivity index (χ3v) is 3.08. The minimum atomic E-state index is -0.500. The fraction of sp³-hybridized carbons (Fsp3) is 0.500. The van der Waals surface area contributed by atoms with Crippen molar-refractivity contribution in [1.82, 2.24) is 5.32 Å². The monoisotopic (exact) mass is 261 g/mol. The molecule has 0 spiro atoms. The topological polar surface area (TPSA) is 41.5 Å². The highest BCUT2D eigenvalue weighted by molar-refractivity contribution is 5.66. The minimum Gasteiger partial charge on any atom is -0.490 e. The lowest BCUT2D eigenvalue weighted by Crippen LogP contribution is -2.42. The van der Waals surface area contributed by atoms with Gasteiger partial charge in [0.25, 0.3) is 0 Å². The van der Waals surface area contributed by atoms with Gasteiger partial charge < -0.3 is 15.2 Å². The van der Waals surface area contributed by atoms with Gasteiger partial charge in [-0.15, -0.1) is 0 Å². The smallest absolute Gasteiger partial charge is 0.126 e. The molecule has 2 rings (SSSR count). The number of aliphatic hydroxyl groups excluding tert-OH is 1. The van der Waals surface area contributed by atoms with Crippen LogP contribution in [0.3, 0.4) is 0 Å². The predicted octanol–water partition coefficient (Wildman–Crippen LogP) is 2.38. The molecule has 0 radical (unpaired) electrons. The number of hydrogen-bond acceptors (Lipinski definition) is 3. The zero-order chi connectivity index (χ0) is 13.9. The summed E-state index contributed by atoms with van der Waals surface area (Å²) in [4.78, 5) is 0. The van der Waals surface area contributed by atoms with Crippen molar-refractivity contribution in [2.75, 3.05) is 13.2 Å². The Hall–Kier alpha value is -1.32. The molecule has 104 valence electrons. The Morgan fingerprint density at radius 3 is 2.89 bits per heavy atom. The molecule has 19 heavy (non-hydrogen) atoms. The summed E-state index contributed by atoms with van der Waals surface area (Å²) in [6.07, 6.45) is 4.70. The zero-order valence-corrected chi connectivity index (χ0v) is 11.9. The van der Waals surface area contributed by atoms with Crippen molar-refractivity contribution < 1.29 is 9.84 Å². The van der Waals surface area contributed by atoms with E-state index in [9.17, 15) is 5.11 Å². The van der Waals surface area contributed by atoms with Crippen molar-refractivity contribution in [3.63, 3.8) is 0 Å². The largest absolute Gasteiger partial charge is 0.490 e. The summed E-state index contributed by atoms with van der Waals surface area (Å²) in [5, 5.41) is 13.2. The lowest BCUT2D eigenvalue weighted by molar-refractivity contribution is 0.0999. The van der Waals surface area contributed by atoms with Gasteiger partial charge in [0.2, 0.25) is 0 Å². The average molecular weight is 261 g/mol. The Kier molecular flexibility index (Phi) is 4.27. The summed E-state index contributed by atoms with van der Waals surface area (Å²) in [6, 6.07) is 6.07. The lowest BCUT2D eigenvalue weighted by Gasteiger charge is -2.23. The fourth-order valence-electron chi connectivity index (χ4n) is 2.06. The lowest BCUT2D eigenvalue weighted by atomic mass is 10.1. The first-order chi connectivity index (χ1) is 8.96. The van der Waals surface area contributed by atoms with Gasteiger partial charge in [-0.05, 0) is 38.8 Å². The first-order valence-corrected chi connectivity index (χ1v) is 6.80. The van der Waals surface area contributed by atoms with E-state index in [-0.39, 0.29) is 5.54 Å². The van der Waals surface area contributed by atoms with Crippen molar-refractivity contribution >= 4 is 6.08 Å². The summed E-state index contributed by atoms with van der Waals surface area (Å²) < 4.78 is 5.73. The standard InChI is InChI=1S/C16H23NO2/c1-16(2,3)17-10-13(18)11-19-15-9-5-7-12-6-4-8-14(12)15/h4-5,7-9,13,17-18H,6,10-11H2,1-3H3. The number of β-amino-alcohol motifs (C(OH)–C–C–N with tert-alkyl or cyclic N) is 1. The van der Waals surface area contributed by atoms with Gasteiger partial charge in [0.15, 0.2) is 0 Å². The van der Waals surface area contributed by atoms with Gasteiger partial charge in [-0.25, -0.2) is 0 Å². The molecule has 1 atom stereocenters. The van der Waals surface area contributed by atoms with E-state index >= 15 is 0 Å². The van der Waals surface area contributed by atoms with E-state index in [1.165, 1.54) is 5.56 Å². The summed E-state index contributed by atoms with van der Waals surface area (Å²) >= 11 is 0. The molecule has 3 heteroatoms. The van der Waals surface area contributed by atoms with Crippen LogP contribution in [0.5, 0.6) is 5.75 Å². The number of aliphatic hydroxyl groups is 1. The molecule has 1 aliphatic rings. The molecule has 0 saturated heterocycles. The van der Waals surface area contributed by atoms with Crippen molar-refractivity contribution in [2.45, 2.75) is 38.8 Å². The van der Waals surface area contributed by atoms with Crippen molar-refractivity contribution in [3.05, 3.63) is 35.4 Å². The number of rotatable bonds is 5. The highest BCUT2D eigenvalue weighted by Gasteiger charge is 2.14. The quantitative estimate of drug-likeness (QED) is 0.855. The second-order valence-electron chi connectivity index (χ2n) is 6.03. The molecule has 0 saturated carbocycles. The van der Waals surface area contributed by atoms with Gasteiger partial charge in [0, 0.05) is 17.6 Å². The van der Waals surface area contributed by atoms with Gasteiger partial charge in [0.1, 0.15) is 18.5 Å². The number of benzene rings is 1. The molecule has 1 aliphatic carbocycles. The second-order valence-corrected chi connectivity index (χ2v) is 6.03. The first-order valence-electron chi connectivity index (χ1n) is 6.80. The number of hydrogen-bond donors (Lipinski definition) is 2. The molecule has 1 unspecified atom stereocenters. The van der Waals surface area contributed by atoms with Crippen LogP contribution in [0.25, 0.3) is 6.08 Å². The zero-order valence-electron chi connectivity index (χ0n) is 11.9. The predicted molar refractivity (Wildman–Crippen MR) is 78.4 cm³/mol. The summed E-state index contributed by atoms with van der Waals surface area (Å²) in [5.74, 6) is 0.862. The maximum atomic E-state index is 9.92.